The Morgan fingerprint density at radius 3 is 1.13 bits per heavy atom. The maximum atomic E-state index is 12.9. The van der Waals surface area contributed by atoms with Crippen LogP contribution in [0.2, 0.25) is 0 Å². The van der Waals surface area contributed by atoms with Crippen LogP contribution in [0.4, 0.5) is 0 Å². The minimum atomic E-state index is -4.59. The maximum absolute atomic E-state index is 12.9. The number of likely N-dealkylation sites (N-methyl/N-ethyl adjacent to an activating group) is 1. The van der Waals surface area contributed by atoms with E-state index >= 15 is 0 Å². The first-order chi connectivity index (χ1) is 33.5. The lowest BCUT2D eigenvalue weighted by Crippen LogP contribution is -2.45. The number of hydrogen-bond donors (Lipinski definition) is 2. The standard InChI is InChI=1S/C60H119N2O6P/c1-6-8-10-12-14-16-18-20-21-22-23-24-25-26-27-28-29-30-31-32-33-34-35-36-37-38-39-40-41-42-44-46-48-50-52-54-60(64)61-58(57-68-69(65,66)67-56-55-62(3,4)5)59(63)53-51-49-47-45-43-19-17-15-13-11-9-7-2/h22-23,51,53,58-59,63H,6-21,24-50,52,54-57H2,1-5H3,(H-,61,64,65,66)/b23-22-,53-51+. The molecule has 0 aliphatic rings. The highest BCUT2D eigenvalue weighted by Gasteiger charge is 2.23. The summed E-state index contributed by atoms with van der Waals surface area (Å²) >= 11 is 0. The summed E-state index contributed by atoms with van der Waals surface area (Å²) in [4.78, 5) is 25.4. The van der Waals surface area contributed by atoms with Crippen LogP contribution >= 0.6 is 7.82 Å². The number of rotatable bonds is 56. The van der Waals surface area contributed by atoms with Crippen LogP contribution in [0.15, 0.2) is 24.3 Å². The van der Waals surface area contributed by atoms with E-state index in [4.69, 9.17) is 9.05 Å². The lowest BCUT2D eigenvalue weighted by molar-refractivity contribution is -0.870. The number of hydrogen-bond acceptors (Lipinski definition) is 6. The summed E-state index contributed by atoms with van der Waals surface area (Å²) in [6.45, 7) is 4.67. The molecule has 2 N–H and O–H groups in total. The zero-order valence-electron chi connectivity index (χ0n) is 46.8. The molecule has 0 saturated heterocycles. The van der Waals surface area contributed by atoms with Crippen LogP contribution in [-0.4, -0.2) is 68.5 Å². The van der Waals surface area contributed by atoms with E-state index in [1.165, 1.54) is 244 Å². The first-order valence-electron chi connectivity index (χ1n) is 30.2. The van der Waals surface area contributed by atoms with Gasteiger partial charge in [-0.25, -0.2) is 0 Å². The minimum Gasteiger partial charge on any atom is -0.756 e. The van der Waals surface area contributed by atoms with E-state index in [1.807, 2.05) is 27.2 Å². The van der Waals surface area contributed by atoms with Gasteiger partial charge in [0.25, 0.3) is 7.82 Å². The van der Waals surface area contributed by atoms with Crippen molar-refractivity contribution in [3.8, 4) is 0 Å². The van der Waals surface area contributed by atoms with Crippen molar-refractivity contribution in [1.29, 1.82) is 0 Å². The number of aliphatic hydroxyl groups is 1. The molecule has 0 aliphatic heterocycles. The van der Waals surface area contributed by atoms with Gasteiger partial charge in [-0.1, -0.05) is 276 Å². The van der Waals surface area contributed by atoms with Crippen LogP contribution < -0.4 is 10.2 Å². The highest BCUT2D eigenvalue weighted by molar-refractivity contribution is 7.45. The number of unbranched alkanes of at least 4 members (excludes halogenated alkanes) is 41. The minimum absolute atomic E-state index is 0.00151. The molecule has 69 heavy (non-hydrogen) atoms. The fraction of sp³-hybridized carbons (Fsp3) is 0.917. The number of carbonyl (C=O) groups is 1. The molecule has 0 spiro atoms. The smallest absolute Gasteiger partial charge is 0.268 e. The fourth-order valence-electron chi connectivity index (χ4n) is 9.15. The average molecular weight is 996 g/mol. The van der Waals surface area contributed by atoms with Crippen LogP contribution in [0.3, 0.4) is 0 Å². The Balaban J connectivity index is 3.90. The molecule has 1 amide bonds. The van der Waals surface area contributed by atoms with E-state index < -0.39 is 20.0 Å². The number of aliphatic hydroxyl groups excluding tert-OH is 1. The Labute approximate surface area is 430 Å². The molecule has 9 heteroatoms. The number of nitrogens with one attached hydrogen (secondary N) is 1. The van der Waals surface area contributed by atoms with Crippen LogP contribution in [0.5, 0.6) is 0 Å². The normalized spacial score (nSPS) is 14.0. The maximum Gasteiger partial charge on any atom is 0.268 e. The highest BCUT2D eigenvalue weighted by atomic mass is 31.2. The number of phosphoric ester groups is 1. The Morgan fingerprint density at radius 2 is 0.797 bits per heavy atom. The topological polar surface area (TPSA) is 108 Å². The SMILES string of the molecule is CCCCCCCCCC/C=C\CCCCCCCCCCCCCCCCCCCCCCCCCC(=O)NC(COP(=O)([O-])OCC[N+](C)(C)C)C(O)/C=C/CCCCCCCCCCCC. The Kier molecular flexibility index (Phi) is 51.1. The van der Waals surface area contributed by atoms with Crippen LogP contribution in [0.1, 0.15) is 303 Å². The second-order valence-corrected chi connectivity index (χ2v) is 23.5. The molecule has 0 aromatic carbocycles. The van der Waals surface area contributed by atoms with Gasteiger partial charge in [-0.3, -0.25) is 9.36 Å². The predicted octanol–water partition coefficient (Wildman–Crippen LogP) is 17.7. The molecule has 0 aromatic heterocycles. The van der Waals surface area contributed by atoms with Crippen molar-refractivity contribution < 1.29 is 32.9 Å². The molecule has 0 heterocycles. The second kappa shape index (κ2) is 51.9. The third-order valence-corrected chi connectivity index (χ3v) is 14.9. The number of nitrogens with zero attached hydrogens (tertiary/aromatic N) is 1. The van der Waals surface area contributed by atoms with E-state index in [9.17, 15) is 19.4 Å². The van der Waals surface area contributed by atoms with Crippen molar-refractivity contribution in [3.05, 3.63) is 24.3 Å². The van der Waals surface area contributed by atoms with Gasteiger partial charge in [0.1, 0.15) is 13.2 Å². The summed E-state index contributed by atoms with van der Waals surface area (Å²) in [5, 5.41) is 13.8. The van der Waals surface area contributed by atoms with Crippen molar-refractivity contribution in [2.45, 2.75) is 315 Å². The highest BCUT2D eigenvalue weighted by Crippen LogP contribution is 2.38. The van der Waals surface area contributed by atoms with Crippen LogP contribution in [-0.2, 0) is 18.4 Å². The largest absolute Gasteiger partial charge is 0.756 e. The molecule has 3 atom stereocenters. The van der Waals surface area contributed by atoms with Crippen molar-refractivity contribution in [1.82, 2.24) is 5.32 Å². The van der Waals surface area contributed by atoms with E-state index in [0.717, 1.165) is 38.5 Å². The van der Waals surface area contributed by atoms with E-state index in [2.05, 4.69) is 31.3 Å². The van der Waals surface area contributed by atoms with Gasteiger partial charge in [-0.2, -0.15) is 0 Å². The second-order valence-electron chi connectivity index (χ2n) is 22.1. The summed E-state index contributed by atoms with van der Waals surface area (Å²) in [5.74, 6) is -0.193. The lowest BCUT2D eigenvalue weighted by Gasteiger charge is -2.29. The number of phosphoric acid groups is 1. The van der Waals surface area contributed by atoms with Crippen molar-refractivity contribution >= 4 is 13.7 Å². The van der Waals surface area contributed by atoms with Gasteiger partial charge in [-0.15, -0.1) is 0 Å². The van der Waals surface area contributed by atoms with Gasteiger partial charge < -0.3 is 28.8 Å². The monoisotopic (exact) mass is 995 g/mol. The summed E-state index contributed by atoms with van der Waals surface area (Å²) in [7, 11) is 1.27. The van der Waals surface area contributed by atoms with Gasteiger partial charge in [0.05, 0.1) is 39.9 Å². The van der Waals surface area contributed by atoms with Gasteiger partial charge in [-0.05, 0) is 44.9 Å². The van der Waals surface area contributed by atoms with Crippen molar-refractivity contribution in [2.75, 3.05) is 40.9 Å². The first-order valence-corrected chi connectivity index (χ1v) is 31.7. The first kappa shape index (κ1) is 68.0. The molecule has 410 valence electrons. The number of quaternary nitrogens is 1. The molecule has 0 aliphatic carbocycles. The molecule has 0 radical (unpaired) electrons. The van der Waals surface area contributed by atoms with Crippen molar-refractivity contribution in [3.63, 3.8) is 0 Å². The summed E-state index contributed by atoms with van der Waals surface area (Å²) < 4.78 is 23.3. The summed E-state index contributed by atoms with van der Waals surface area (Å²) in [6, 6.07) is -0.882. The molecule has 0 aromatic rings. The Morgan fingerprint density at radius 1 is 0.493 bits per heavy atom. The number of amides is 1. The molecule has 0 rings (SSSR count). The van der Waals surface area contributed by atoms with E-state index in [-0.39, 0.29) is 19.1 Å². The van der Waals surface area contributed by atoms with Gasteiger partial charge in [0, 0.05) is 6.42 Å². The van der Waals surface area contributed by atoms with E-state index in [1.54, 1.807) is 6.08 Å². The Bertz CT molecular complexity index is 1170. The zero-order valence-corrected chi connectivity index (χ0v) is 47.7. The van der Waals surface area contributed by atoms with Crippen molar-refractivity contribution in [2.24, 2.45) is 0 Å². The molecule has 0 fully saturated rings. The molecule has 0 bridgehead atoms. The van der Waals surface area contributed by atoms with Crippen LogP contribution in [0, 0.1) is 0 Å². The fourth-order valence-corrected chi connectivity index (χ4v) is 9.87. The molecular formula is C60H119N2O6P. The van der Waals surface area contributed by atoms with Gasteiger partial charge >= 0.3 is 0 Å². The molecular weight excluding hydrogens is 876 g/mol. The average Bonchev–Trinajstić information content (AvgIpc) is 3.31. The summed E-state index contributed by atoms with van der Waals surface area (Å²) in [6.07, 6.45) is 65.7. The lowest BCUT2D eigenvalue weighted by atomic mass is 10.0. The third-order valence-electron chi connectivity index (χ3n) is 13.9. The van der Waals surface area contributed by atoms with Gasteiger partial charge in [0.15, 0.2) is 0 Å². The van der Waals surface area contributed by atoms with E-state index in [0.29, 0.717) is 17.4 Å². The van der Waals surface area contributed by atoms with Crippen LogP contribution in [0.25, 0.3) is 0 Å². The zero-order chi connectivity index (χ0) is 50.6. The van der Waals surface area contributed by atoms with Gasteiger partial charge in [0.2, 0.25) is 5.91 Å². The predicted molar refractivity (Wildman–Crippen MR) is 298 cm³/mol. The Hall–Kier alpha value is -1.02. The summed E-state index contributed by atoms with van der Waals surface area (Å²) in [5.41, 5.74) is 0. The number of allylic oxidation sites excluding steroid dienone is 3. The molecule has 3 unspecified atom stereocenters. The molecule has 8 nitrogen and oxygen atoms in total. The molecule has 0 saturated carbocycles. The quantitative estimate of drug-likeness (QED) is 0.0272. The number of carbonyl (C=O) groups excluding carboxylic acids is 1. The third kappa shape index (κ3) is 54.6.